The van der Waals surface area contributed by atoms with Crippen LogP contribution in [0.15, 0.2) is 18.2 Å². The van der Waals surface area contributed by atoms with Gasteiger partial charge in [0.05, 0.1) is 10.0 Å². The van der Waals surface area contributed by atoms with Crippen LogP contribution >= 0.6 is 23.2 Å². The average molecular weight is 326 g/mol. The second-order valence-electron chi connectivity index (χ2n) is 5.99. The molecule has 0 atom stereocenters. The molecule has 0 spiro atoms. The van der Waals surface area contributed by atoms with E-state index < -0.39 is 0 Å². The van der Waals surface area contributed by atoms with E-state index in [-0.39, 0.29) is 0 Å². The predicted octanol–water partition coefficient (Wildman–Crippen LogP) is 5.22. The molecule has 1 aromatic heterocycles. The van der Waals surface area contributed by atoms with Gasteiger partial charge in [0.1, 0.15) is 17.3 Å². The maximum atomic E-state index is 6.33. The van der Waals surface area contributed by atoms with Crippen molar-refractivity contribution in [2.75, 3.05) is 5.73 Å². The molecule has 114 valence electrons. The number of hydrogen-bond acceptors (Lipinski definition) is 2. The number of hydrogen-bond donors (Lipinski definition) is 1. The van der Waals surface area contributed by atoms with E-state index in [0.29, 0.717) is 27.7 Å². The molecule has 2 N–H and O–H groups in total. The third-order valence-corrected chi connectivity index (χ3v) is 4.03. The van der Waals surface area contributed by atoms with Crippen molar-refractivity contribution >= 4 is 29.0 Å². The van der Waals surface area contributed by atoms with Gasteiger partial charge in [-0.25, -0.2) is 4.98 Å². The molecule has 2 aromatic rings. The summed E-state index contributed by atoms with van der Waals surface area (Å²) in [5.74, 6) is 2.50. The Hall–Kier alpha value is -1.19. The Bertz CT molecular complexity index is 645. The van der Waals surface area contributed by atoms with Crippen LogP contribution in [-0.2, 0) is 6.54 Å². The van der Waals surface area contributed by atoms with E-state index in [4.69, 9.17) is 33.9 Å². The highest BCUT2D eigenvalue weighted by Crippen LogP contribution is 2.33. The Morgan fingerprint density at radius 1 is 1.14 bits per heavy atom. The van der Waals surface area contributed by atoms with Gasteiger partial charge in [-0.2, -0.15) is 0 Å². The van der Waals surface area contributed by atoms with E-state index in [1.165, 1.54) is 0 Å². The molecule has 0 aliphatic rings. The molecule has 0 fully saturated rings. The normalized spacial score (nSPS) is 11.6. The van der Waals surface area contributed by atoms with E-state index in [2.05, 4.69) is 32.3 Å². The zero-order chi connectivity index (χ0) is 15.7. The van der Waals surface area contributed by atoms with E-state index in [1.54, 1.807) is 6.07 Å². The molecular weight excluding hydrogens is 305 g/mol. The molecule has 2 rings (SSSR count). The number of nitrogen functional groups attached to an aromatic ring is 1. The topological polar surface area (TPSA) is 43.8 Å². The fourth-order valence-corrected chi connectivity index (χ4v) is 2.64. The number of anilines is 1. The van der Waals surface area contributed by atoms with Crippen LogP contribution in [0.1, 0.15) is 39.4 Å². The summed E-state index contributed by atoms with van der Waals surface area (Å²) in [6, 6.07) is 5.48. The predicted molar refractivity (Wildman–Crippen MR) is 91.0 cm³/mol. The van der Waals surface area contributed by atoms with E-state index >= 15 is 0 Å². The summed E-state index contributed by atoms with van der Waals surface area (Å²) in [4.78, 5) is 4.74. The van der Waals surface area contributed by atoms with Crippen molar-refractivity contribution in [3.63, 3.8) is 0 Å². The van der Waals surface area contributed by atoms with Crippen molar-refractivity contribution in [3.05, 3.63) is 34.1 Å². The van der Waals surface area contributed by atoms with Crippen molar-refractivity contribution in [2.24, 2.45) is 5.92 Å². The highest BCUT2D eigenvalue weighted by Gasteiger charge is 2.19. The number of benzene rings is 1. The third-order valence-electron chi connectivity index (χ3n) is 3.29. The summed E-state index contributed by atoms with van der Waals surface area (Å²) >= 11 is 12.1. The number of nitrogens with zero attached hydrogens (tertiary/aromatic N) is 2. The zero-order valence-electron chi connectivity index (χ0n) is 12.8. The standard InChI is InChI=1S/C16H21Cl2N3/c1-9(2)8-21-15(19)14(20-16(21)10(3)4)11-5-6-12(17)13(18)7-11/h5-7,9-10H,8,19H2,1-4H3. The molecule has 0 bridgehead atoms. The summed E-state index contributed by atoms with van der Waals surface area (Å²) in [5, 5.41) is 1.04. The second kappa shape index (κ2) is 6.29. The van der Waals surface area contributed by atoms with Crippen LogP contribution in [-0.4, -0.2) is 9.55 Å². The lowest BCUT2D eigenvalue weighted by Crippen LogP contribution is -2.12. The quantitative estimate of drug-likeness (QED) is 0.837. The molecular formula is C16H21Cl2N3. The Kier molecular flexibility index (Phi) is 4.84. The fourth-order valence-electron chi connectivity index (χ4n) is 2.34. The van der Waals surface area contributed by atoms with Gasteiger partial charge in [0.2, 0.25) is 0 Å². The number of aromatic nitrogens is 2. The Morgan fingerprint density at radius 2 is 1.81 bits per heavy atom. The van der Waals surface area contributed by atoms with E-state index in [9.17, 15) is 0 Å². The third kappa shape index (κ3) is 3.35. The minimum Gasteiger partial charge on any atom is -0.383 e. The zero-order valence-corrected chi connectivity index (χ0v) is 14.3. The van der Waals surface area contributed by atoms with Gasteiger partial charge < -0.3 is 10.3 Å². The summed E-state index contributed by atoms with van der Waals surface area (Å²) < 4.78 is 2.10. The number of nitrogens with two attached hydrogens (primary N) is 1. The minimum atomic E-state index is 0.308. The van der Waals surface area contributed by atoms with Crippen LogP contribution in [0.4, 0.5) is 5.82 Å². The van der Waals surface area contributed by atoms with Crippen LogP contribution in [0.2, 0.25) is 10.0 Å². The summed E-state index contributed by atoms with van der Waals surface area (Å²) in [6.45, 7) is 9.44. The molecule has 1 heterocycles. The Labute approximate surface area is 136 Å². The van der Waals surface area contributed by atoms with Gasteiger partial charge in [-0.1, -0.05) is 57.0 Å². The highest BCUT2D eigenvalue weighted by molar-refractivity contribution is 6.42. The number of rotatable bonds is 4. The second-order valence-corrected chi connectivity index (χ2v) is 6.81. The summed E-state index contributed by atoms with van der Waals surface area (Å²) in [6.07, 6.45) is 0. The van der Waals surface area contributed by atoms with Crippen molar-refractivity contribution < 1.29 is 0 Å². The van der Waals surface area contributed by atoms with Crippen molar-refractivity contribution in [2.45, 2.75) is 40.2 Å². The molecule has 0 unspecified atom stereocenters. The van der Waals surface area contributed by atoms with Gasteiger partial charge in [0, 0.05) is 18.0 Å². The lowest BCUT2D eigenvalue weighted by molar-refractivity contribution is 0.502. The van der Waals surface area contributed by atoms with Gasteiger partial charge in [-0.3, -0.25) is 0 Å². The fraction of sp³-hybridized carbons (Fsp3) is 0.438. The SMILES string of the molecule is CC(C)Cn1c(C(C)C)nc(-c2ccc(Cl)c(Cl)c2)c1N. The molecule has 0 amide bonds. The van der Waals surface area contributed by atoms with Gasteiger partial charge in [0.25, 0.3) is 0 Å². The van der Waals surface area contributed by atoms with Gasteiger partial charge >= 0.3 is 0 Å². The molecule has 0 aliphatic heterocycles. The van der Waals surface area contributed by atoms with Crippen molar-refractivity contribution in [1.82, 2.24) is 9.55 Å². The summed E-state index contributed by atoms with van der Waals surface area (Å²) in [5.41, 5.74) is 8.01. The molecule has 5 heteroatoms. The maximum absolute atomic E-state index is 6.33. The smallest absolute Gasteiger partial charge is 0.131 e. The monoisotopic (exact) mass is 325 g/mol. The molecule has 1 aromatic carbocycles. The Morgan fingerprint density at radius 3 is 2.33 bits per heavy atom. The molecule has 3 nitrogen and oxygen atoms in total. The summed E-state index contributed by atoms with van der Waals surface area (Å²) in [7, 11) is 0. The van der Waals surface area contributed by atoms with Crippen molar-refractivity contribution in [1.29, 1.82) is 0 Å². The van der Waals surface area contributed by atoms with E-state index in [1.807, 2.05) is 12.1 Å². The first-order valence-corrected chi connectivity index (χ1v) is 7.88. The molecule has 0 aliphatic carbocycles. The van der Waals surface area contributed by atoms with Crippen LogP contribution in [0.25, 0.3) is 11.3 Å². The van der Waals surface area contributed by atoms with Crippen LogP contribution in [0.5, 0.6) is 0 Å². The van der Waals surface area contributed by atoms with Crippen LogP contribution < -0.4 is 5.73 Å². The van der Waals surface area contributed by atoms with Crippen molar-refractivity contribution in [3.8, 4) is 11.3 Å². The maximum Gasteiger partial charge on any atom is 0.131 e. The largest absolute Gasteiger partial charge is 0.383 e. The first-order valence-electron chi connectivity index (χ1n) is 7.12. The highest BCUT2D eigenvalue weighted by atomic mass is 35.5. The minimum absolute atomic E-state index is 0.308. The van der Waals surface area contributed by atoms with E-state index in [0.717, 1.165) is 23.6 Å². The lowest BCUT2D eigenvalue weighted by Gasteiger charge is -2.14. The molecule has 0 saturated heterocycles. The lowest BCUT2D eigenvalue weighted by atomic mass is 10.1. The number of imidazole rings is 1. The van der Waals surface area contributed by atoms with Gasteiger partial charge in [-0.05, 0) is 18.1 Å². The van der Waals surface area contributed by atoms with Gasteiger partial charge in [-0.15, -0.1) is 0 Å². The first kappa shape index (κ1) is 16.2. The Balaban J connectivity index is 2.56. The molecule has 21 heavy (non-hydrogen) atoms. The first-order chi connectivity index (χ1) is 9.81. The molecule has 0 saturated carbocycles. The van der Waals surface area contributed by atoms with Crippen LogP contribution in [0, 0.1) is 5.92 Å². The van der Waals surface area contributed by atoms with Gasteiger partial charge in [0.15, 0.2) is 0 Å². The van der Waals surface area contributed by atoms with Crippen LogP contribution in [0.3, 0.4) is 0 Å². The molecule has 0 radical (unpaired) electrons. The average Bonchev–Trinajstić information content (AvgIpc) is 2.70. The number of halogens is 2.